The van der Waals surface area contributed by atoms with Crippen LogP contribution in [0.4, 0.5) is 0 Å². The molecule has 0 fully saturated rings. The van der Waals surface area contributed by atoms with E-state index in [1.807, 2.05) is 29.7 Å². The van der Waals surface area contributed by atoms with Gasteiger partial charge >= 0.3 is 5.91 Å². The van der Waals surface area contributed by atoms with Crippen molar-refractivity contribution in [1.29, 1.82) is 0 Å². The van der Waals surface area contributed by atoms with Crippen LogP contribution in [0.2, 0.25) is 0 Å². The Hall–Kier alpha value is -2.08. The molecule has 3 rings (SSSR count). The highest BCUT2D eigenvalue weighted by Gasteiger charge is 2.25. The van der Waals surface area contributed by atoms with E-state index in [-0.39, 0.29) is 11.6 Å². The van der Waals surface area contributed by atoms with Gasteiger partial charge in [0.25, 0.3) is 0 Å². The molecule has 2 heterocycles. The molecule has 1 aliphatic heterocycles. The molecule has 0 N–H and O–H groups in total. The zero-order chi connectivity index (χ0) is 15.1. The number of rotatable bonds is 1. The predicted molar refractivity (Wildman–Crippen MR) is 82.4 cm³/mol. The highest BCUT2D eigenvalue weighted by atomic mass is 79.9. The summed E-state index contributed by atoms with van der Waals surface area (Å²) in [5.74, 6) is -1.03. The largest absolute Gasteiger partial charge is 0.343 e. The summed E-state index contributed by atoms with van der Waals surface area (Å²) in [6.45, 7) is 2.00. The van der Waals surface area contributed by atoms with Gasteiger partial charge in [-0.15, -0.1) is 4.91 Å². The molecule has 0 saturated carbocycles. The van der Waals surface area contributed by atoms with Crippen LogP contribution < -0.4 is 5.43 Å². The third kappa shape index (κ3) is 2.15. The summed E-state index contributed by atoms with van der Waals surface area (Å²) in [6, 6.07) is 7.38. The molecule has 1 amide bonds. The summed E-state index contributed by atoms with van der Waals surface area (Å²) in [4.78, 5) is 33.9. The lowest BCUT2D eigenvalue weighted by atomic mass is 9.93. The number of nitroso groups, excluding NO2 is 1. The maximum absolute atomic E-state index is 12.1. The Morgan fingerprint density at radius 1 is 1.43 bits per heavy atom. The normalized spacial score (nSPS) is 16.0. The maximum atomic E-state index is 12.1. The molecule has 1 aliphatic rings. The molecule has 0 spiro atoms. The number of aromatic nitrogens is 1. The highest BCUT2D eigenvalue weighted by molar-refractivity contribution is 9.10. The standard InChI is InChI=1S/C15H11BrN2O3/c1-8-5-9-3-2-4-11(16)14(9)12-6-13(19)10(7-18(8)12)15(20)17-21/h2-4,6-8H,5H2,1H3. The summed E-state index contributed by atoms with van der Waals surface area (Å²) >= 11 is 3.51. The van der Waals surface area contributed by atoms with Crippen molar-refractivity contribution in [3.8, 4) is 11.3 Å². The number of pyridine rings is 1. The molecule has 5 nitrogen and oxygen atoms in total. The summed E-state index contributed by atoms with van der Waals surface area (Å²) in [6.07, 6.45) is 2.22. The van der Waals surface area contributed by atoms with E-state index < -0.39 is 11.3 Å². The third-order valence-corrected chi connectivity index (χ3v) is 4.40. The van der Waals surface area contributed by atoms with E-state index in [1.165, 1.54) is 12.3 Å². The third-order valence-electron chi connectivity index (χ3n) is 3.74. The second-order valence-corrected chi connectivity index (χ2v) is 5.92. The average molecular weight is 347 g/mol. The van der Waals surface area contributed by atoms with Crippen molar-refractivity contribution in [2.45, 2.75) is 19.4 Å². The molecule has 6 heteroatoms. The Balaban J connectivity index is 2.32. The SMILES string of the molecule is CC1Cc2cccc(Br)c2-c2cc(=O)c(C(=O)N=O)cn21. The minimum absolute atomic E-state index is 0.0839. The summed E-state index contributed by atoms with van der Waals surface area (Å²) in [5.41, 5.74) is 2.16. The van der Waals surface area contributed by atoms with Crippen LogP contribution >= 0.6 is 15.9 Å². The molecule has 21 heavy (non-hydrogen) atoms. The molecule has 0 saturated heterocycles. The number of amides is 1. The fourth-order valence-corrected chi connectivity index (χ4v) is 3.38. The van der Waals surface area contributed by atoms with E-state index in [0.717, 1.165) is 27.7 Å². The second-order valence-electron chi connectivity index (χ2n) is 5.07. The first-order valence-electron chi connectivity index (χ1n) is 6.44. The first kappa shape index (κ1) is 13.9. The number of benzene rings is 1. The Morgan fingerprint density at radius 2 is 2.19 bits per heavy atom. The fraction of sp³-hybridized carbons (Fsp3) is 0.200. The van der Waals surface area contributed by atoms with Crippen molar-refractivity contribution < 1.29 is 4.79 Å². The van der Waals surface area contributed by atoms with Gasteiger partial charge in [-0.25, -0.2) is 0 Å². The zero-order valence-electron chi connectivity index (χ0n) is 11.2. The summed E-state index contributed by atoms with van der Waals surface area (Å²) in [7, 11) is 0. The Labute approximate surface area is 128 Å². The molecule has 1 aromatic carbocycles. The van der Waals surface area contributed by atoms with E-state index >= 15 is 0 Å². The van der Waals surface area contributed by atoms with Crippen LogP contribution in [0.25, 0.3) is 11.3 Å². The van der Waals surface area contributed by atoms with Crippen molar-refractivity contribution in [3.63, 3.8) is 0 Å². The molecule has 1 atom stereocenters. The lowest BCUT2D eigenvalue weighted by Gasteiger charge is -2.29. The minimum Gasteiger partial charge on any atom is -0.343 e. The first-order chi connectivity index (χ1) is 10.0. The lowest BCUT2D eigenvalue weighted by molar-refractivity contribution is 0.0999. The Bertz CT molecular complexity index is 826. The molecule has 0 radical (unpaired) electrons. The van der Waals surface area contributed by atoms with Crippen molar-refractivity contribution in [1.82, 2.24) is 4.57 Å². The van der Waals surface area contributed by atoms with Crippen LogP contribution in [0.1, 0.15) is 28.9 Å². The van der Waals surface area contributed by atoms with Crippen LogP contribution in [-0.2, 0) is 6.42 Å². The molecule has 106 valence electrons. The van der Waals surface area contributed by atoms with E-state index in [4.69, 9.17) is 0 Å². The van der Waals surface area contributed by atoms with Gasteiger partial charge in [-0.2, -0.15) is 0 Å². The predicted octanol–water partition coefficient (Wildman–Crippen LogP) is 3.30. The van der Waals surface area contributed by atoms with Gasteiger partial charge in [-0.1, -0.05) is 28.1 Å². The lowest BCUT2D eigenvalue weighted by Crippen LogP contribution is -2.24. The summed E-state index contributed by atoms with van der Waals surface area (Å²) < 4.78 is 2.75. The monoisotopic (exact) mass is 346 g/mol. The minimum atomic E-state index is -1.03. The molecular formula is C15H11BrN2O3. The fourth-order valence-electron chi connectivity index (χ4n) is 2.77. The maximum Gasteiger partial charge on any atom is 0.322 e. The molecule has 0 bridgehead atoms. The summed E-state index contributed by atoms with van der Waals surface area (Å²) in [5, 5.41) is 2.34. The first-order valence-corrected chi connectivity index (χ1v) is 7.24. The van der Waals surface area contributed by atoms with Crippen molar-refractivity contribution in [2.75, 3.05) is 0 Å². The van der Waals surface area contributed by atoms with Gasteiger partial charge < -0.3 is 4.57 Å². The van der Waals surface area contributed by atoms with E-state index in [9.17, 15) is 14.5 Å². The van der Waals surface area contributed by atoms with E-state index in [1.54, 1.807) is 0 Å². The molecule has 1 unspecified atom stereocenters. The van der Waals surface area contributed by atoms with Crippen LogP contribution in [0.3, 0.4) is 0 Å². The average Bonchev–Trinajstić information content (AvgIpc) is 2.46. The molecule has 1 aromatic heterocycles. The number of nitrogens with zero attached hydrogens (tertiary/aromatic N) is 2. The van der Waals surface area contributed by atoms with Gasteiger partial charge in [0.05, 0.1) is 5.69 Å². The number of carbonyl (C=O) groups is 1. The van der Waals surface area contributed by atoms with Gasteiger partial charge in [-0.3, -0.25) is 9.59 Å². The molecular weight excluding hydrogens is 336 g/mol. The van der Waals surface area contributed by atoms with Crippen LogP contribution in [0, 0.1) is 4.91 Å². The van der Waals surface area contributed by atoms with Gasteiger partial charge in [0.1, 0.15) is 5.56 Å². The Morgan fingerprint density at radius 3 is 2.90 bits per heavy atom. The quantitative estimate of drug-likeness (QED) is 0.744. The Kier molecular flexibility index (Phi) is 3.33. The second kappa shape index (κ2) is 5.04. The van der Waals surface area contributed by atoms with E-state index in [0.29, 0.717) is 0 Å². The van der Waals surface area contributed by atoms with Crippen LogP contribution in [0.5, 0.6) is 0 Å². The number of carbonyl (C=O) groups excluding carboxylic acids is 1. The van der Waals surface area contributed by atoms with Gasteiger partial charge in [0.2, 0.25) is 0 Å². The number of halogens is 1. The van der Waals surface area contributed by atoms with E-state index in [2.05, 4.69) is 21.1 Å². The van der Waals surface area contributed by atoms with Crippen LogP contribution in [0.15, 0.2) is 44.9 Å². The topological polar surface area (TPSA) is 68.5 Å². The number of hydrogen-bond donors (Lipinski definition) is 0. The van der Waals surface area contributed by atoms with Gasteiger partial charge in [0, 0.05) is 33.5 Å². The zero-order valence-corrected chi connectivity index (χ0v) is 12.8. The number of hydrogen-bond acceptors (Lipinski definition) is 3. The van der Waals surface area contributed by atoms with Crippen molar-refractivity contribution in [2.24, 2.45) is 5.18 Å². The van der Waals surface area contributed by atoms with Crippen molar-refractivity contribution in [3.05, 3.63) is 61.2 Å². The van der Waals surface area contributed by atoms with Crippen LogP contribution in [-0.4, -0.2) is 10.5 Å². The smallest absolute Gasteiger partial charge is 0.322 e. The van der Waals surface area contributed by atoms with Crippen molar-refractivity contribution >= 4 is 21.8 Å². The highest BCUT2D eigenvalue weighted by Crippen LogP contribution is 2.38. The molecule has 2 aromatic rings. The van der Waals surface area contributed by atoms with Gasteiger partial charge in [0.15, 0.2) is 5.43 Å². The number of fused-ring (bicyclic) bond motifs is 3. The molecule has 0 aliphatic carbocycles. The van der Waals surface area contributed by atoms with Gasteiger partial charge in [-0.05, 0) is 25.0 Å².